The molecule has 0 aliphatic rings. The predicted molar refractivity (Wildman–Crippen MR) is 84.7 cm³/mol. The molecule has 0 bridgehead atoms. The summed E-state index contributed by atoms with van der Waals surface area (Å²) in [7, 11) is 0. The van der Waals surface area contributed by atoms with Crippen LogP contribution in [0.3, 0.4) is 0 Å². The third kappa shape index (κ3) is 5.19. The van der Waals surface area contributed by atoms with Gasteiger partial charge >= 0.3 is 0 Å². The second kappa shape index (κ2) is 8.42. The van der Waals surface area contributed by atoms with Crippen LogP contribution in [0.4, 0.5) is 5.69 Å². The maximum absolute atomic E-state index is 12.0. The van der Waals surface area contributed by atoms with Crippen molar-refractivity contribution in [1.82, 2.24) is 4.90 Å². The Morgan fingerprint density at radius 2 is 1.95 bits per heavy atom. The van der Waals surface area contributed by atoms with Gasteiger partial charge in [0.05, 0.1) is 6.04 Å². The summed E-state index contributed by atoms with van der Waals surface area (Å²) >= 11 is 0. The van der Waals surface area contributed by atoms with E-state index in [1.165, 1.54) is 0 Å². The lowest BCUT2D eigenvalue weighted by Crippen LogP contribution is -2.36. The van der Waals surface area contributed by atoms with Gasteiger partial charge < -0.3 is 16.0 Å². The topological polar surface area (TPSA) is 75.4 Å². The molecule has 1 atom stereocenters. The van der Waals surface area contributed by atoms with E-state index in [2.05, 4.69) is 5.32 Å². The molecule has 116 valence electrons. The van der Waals surface area contributed by atoms with E-state index in [9.17, 15) is 9.59 Å². The molecule has 1 aromatic rings. The fourth-order valence-electron chi connectivity index (χ4n) is 2.10. The van der Waals surface area contributed by atoms with Crippen molar-refractivity contribution in [3.63, 3.8) is 0 Å². The summed E-state index contributed by atoms with van der Waals surface area (Å²) < 4.78 is 0. The molecule has 0 fully saturated rings. The van der Waals surface area contributed by atoms with Crippen LogP contribution in [0.1, 0.15) is 39.2 Å². The molecular weight excluding hydrogens is 266 g/mol. The van der Waals surface area contributed by atoms with Crippen LogP contribution in [0.2, 0.25) is 0 Å². The van der Waals surface area contributed by atoms with E-state index in [-0.39, 0.29) is 11.8 Å². The zero-order chi connectivity index (χ0) is 15.8. The van der Waals surface area contributed by atoms with Crippen molar-refractivity contribution in [2.45, 2.75) is 46.2 Å². The van der Waals surface area contributed by atoms with E-state index in [4.69, 9.17) is 5.73 Å². The highest BCUT2D eigenvalue weighted by Gasteiger charge is 2.15. The summed E-state index contributed by atoms with van der Waals surface area (Å²) in [5.74, 6) is -0.170. The number of nitrogens with two attached hydrogens (primary N) is 1. The van der Waals surface area contributed by atoms with Crippen LogP contribution in [0, 0.1) is 0 Å². The first kappa shape index (κ1) is 17.2. The number of carbonyl (C=O) groups excluding carboxylic acids is 2. The van der Waals surface area contributed by atoms with Crippen LogP contribution in [-0.4, -0.2) is 29.3 Å². The first-order valence-corrected chi connectivity index (χ1v) is 7.39. The van der Waals surface area contributed by atoms with E-state index in [0.717, 1.165) is 12.0 Å². The van der Waals surface area contributed by atoms with Crippen LogP contribution in [0.25, 0.3) is 0 Å². The van der Waals surface area contributed by atoms with Crippen molar-refractivity contribution in [2.75, 3.05) is 11.9 Å². The van der Waals surface area contributed by atoms with E-state index >= 15 is 0 Å². The molecule has 21 heavy (non-hydrogen) atoms. The van der Waals surface area contributed by atoms with Crippen LogP contribution in [-0.2, 0) is 16.1 Å². The molecule has 0 aliphatic carbocycles. The third-order valence-electron chi connectivity index (χ3n) is 3.40. The van der Waals surface area contributed by atoms with Crippen LogP contribution in [0.15, 0.2) is 24.3 Å². The van der Waals surface area contributed by atoms with Crippen LogP contribution >= 0.6 is 0 Å². The molecule has 0 aromatic heterocycles. The highest BCUT2D eigenvalue weighted by molar-refractivity contribution is 5.95. The summed E-state index contributed by atoms with van der Waals surface area (Å²) in [5.41, 5.74) is 7.45. The Bertz CT molecular complexity index is 488. The minimum atomic E-state index is -0.502. The Labute approximate surface area is 126 Å². The molecule has 0 spiro atoms. The number of hydrogen-bond acceptors (Lipinski definition) is 3. The summed E-state index contributed by atoms with van der Waals surface area (Å²) in [5, 5.41) is 2.86. The molecular formula is C16H25N3O2. The second-order valence-corrected chi connectivity index (χ2v) is 5.07. The maximum Gasteiger partial charge on any atom is 0.241 e. The van der Waals surface area contributed by atoms with Gasteiger partial charge in [-0.05, 0) is 25.0 Å². The second-order valence-electron chi connectivity index (χ2n) is 5.07. The lowest BCUT2D eigenvalue weighted by molar-refractivity contribution is -0.129. The molecule has 3 N–H and O–H groups in total. The summed E-state index contributed by atoms with van der Waals surface area (Å²) in [6.07, 6.45) is 1.52. The maximum atomic E-state index is 12.0. The molecule has 1 aromatic carbocycles. The molecule has 5 heteroatoms. The van der Waals surface area contributed by atoms with Crippen molar-refractivity contribution in [3.05, 3.63) is 29.8 Å². The van der Waals surface area contributed by atoms with Gasteiger partial charge in [0.1, 0.15) is 0 Å². The molecule has 0 aliphatic heterocycles. The fourth-order valence-corrected chi connectivity index (χ4v) is 2.10. The number of amides is 2. The largest absolute Gasteiger partial charge is 0.339 e. The normalized spacial score (nSPS) is 11.8. The minimum absolute atomic E-state index is 0.0151. The Kier molecular flexibility index (Phi) is 6.88. The van der Waals surface area contributed by atoms with Crippen LogP contribution in [0.5, 0.6) is 0 Å². The summed E-state index contributed by atoms with van der Waals surface area (Å²) in [6.45, 7) is 6.58. The Morgan fingerprint density at radius 3 is 2.52 bits per heavy atom. The van der Waals surface area contributed by atoms with Gasteiger partial charge in [0.15, 0.2) is 0 Å². The first-order chi connectivity index (χ1) is 9.99. The lowest BCUT2D eigenvalue weighted by Gasteiger charge is -2.21. The lowest BCUT2D eigenvalue weighted by atomic mass is 10.1. The number of nitrogens with one attached hydrogen (secondary N) is 1. The van der Waals surface area contributed by atoms with Gasteiger partial charge in [-0.1, -0.05) is 31.5 Å². The van der Waals surface area contributed by atoms with Gasteiger partial charge in [-0.2, -0.15) is 0 Å². The highest BCUT2D eigenvalue weighted by atomic mass is 16.2. The molecule has 0 heterocycles. The average Bonchev–Trinajstić information content (AvgIpc) is 2.46. The van der Waals surface area contributed by atoms with Crippen molar-refractivity contribution < 1.29 is 9.59 Å². The number of benzene rings is 1. The number of carbonyl (C=O) groups is 2. The fraction of sp³-hybridized carbons (Fsp3) is 0.500. The third-order valence-corrected chi connectivity index (χ3v) is 3.40. The van der Waals surface area contributed by atoms with Gasteiger partial charge in [0, 0.05) is 25.7 Å². The van der Waals surface area contributed by atoms with E-state index in [0.29, 0.717) is 25.2 Å². The zero-order valence-electron chi connectivity index (χ0n) is 13.1. The zero-order valence-corrected chi connectivity index (χ0v) is 13.1. The number of anilines is 1. The van der Waals surface area contributed by atoms with Gasteiger partial charge in [-0.25, -0.2) is 0 Å². The molecule has 0 saturated carbocycles. The molecule has 1 rings (SSSR count). The molecule has 0 saturated heterocycles. The number of hydrogen-bond donors (Lipinski definition) is 2. The molecule has 5 nitrogen and oxygen atoms in total. The Balaban J connectivity index is 2.84. The Morgan fingerprint density at radius 1 is 1.29 bits per heavy atom. The number of para-hydroxylation sites is 1. The highest BCUT2D eigenvalue weighted by Crippen LogP contribution is 2.18. The summed E-state index contributed by atoms with van der Waals surface area (Å²) in [6, 6.07) is 6.99. The summed E-state index contributed by atoms with van der Waals surface area (Å²) in [4.78, 5) is 25.3. The minimum Gasteiger partial charge on any atom is -0.339 e. The number of nitrogens with zero attached hydrogens (tertiary/aromatic N) is 1. The molecule has 2 amide bonds. The monoisotopic (exact) mass is 291 g/mol. The quantitative estimate of drug-likeness (QED) is 0.808. The molecule has 1 unspecified atom stereocenters. The van der Waals surface area contributed by atoms with Crippen molar-refractivity contribution in [1.29, 1.82) is 0 Å². The van der Waals surface area contributed by atoms with E-state index in [1.54, 1.807) is 11.8 Å². The standard InChI is InChI=1S/C16H25N3O2/c1-4-8-14(17)16(21)18-15-10-7-6-9-13(15)11-19(5-2)12(3)20/h6-7,9-10,14H,4-5,8,11,17H2,1-3H3,(H,18,21). The molecule has 0 radical (unpaired) electrons. The average molecular weight is 291 g/mol. The Hall–Kier alpha value is -1.88. The van der Waals surface area contributed by atoms with Gasteiger partial charge in [0.2, 0.25) is 11.8 Å². The predicted octanol–water partition coefficient (Wildman–Crippen LogP) is 2.12. The van der Waals surface area contributed by atoms with Crippen molar-refractivity contribution in [3.8, 4) is 0 Å². The van der Waals surface area contributed by atoms with Crippen molar-refractivity contribution in [2.24, 2.45) is 5.73 Å². The smallest absolute Gasteiger partial charge is 0.241 e. The van der Waals surface area contributed by atoms with Crippen molar-refractivity contribution >= 4 is 17.5 Å². The van der Waals surface area contributed by atoms with E-state index in [1.807, 2.05) is 38.1 Å². The van der Waals surface area contributed by atoms with Crippen LogP contribution < -0.4 is 11.1 Å². The van der Waals surface area contributed by atoms with Gasteiger partial charge in [0.25, 0.3) is 0 Å². The van der Waals surface area contributed by atoms with Gasteiger partial charge in [-0.15, -0.1) is 0 Å². The number of rotatable bonds is 7. The van der Waals surface area contributed by atoms with E-state index < -0.39 is 6.04 Å². The first-order valence-electron chi connectivity index (χ1n) is 7.39. The SMILES string of the molecule is CCCC(N)C(=O)Nc1ccccc1CN(CC)C(C)=O. The van der Waals surface area contributed by atoms with Gasteiger partial charge in [-0.3, -0.25) is 9.59 Å².